The lowest BCUT2D eigenvalue weighted by Crippen LogP contribution is -2.28. The van der Waals surface area contributed by atoms with E-state index in [0.717, 1.165) is 24.4 Å². The lowest BCUT2D eigenvalue weighted by molar-refractivity contribution is 0.218. The molecule has 0 saturated heterocycles. The number of likely N-dealkylation sites (N-methyl/N-ethyl adjacent to an activating group) is 1. The molecule has 1 rings (SSSR count). The van der Waals surface area contributed by atoms with Gasteiger partial charge in [-0.1, -0.05) is 24.6 Å². The number of hydrogen-bond donors (Lipinski definition) is 1. The molecule has 2 nitrogen and oxygen atoms in total. The summed E-state index contributed by atoms with van der Waals surface area (Å²) < 4.78 is 5.71. The van der Waals surface area contributed by atoms with E-state index in [-0.39, 0.29) is 6.10 Å². The van der Waals surface area contributed by atoms with Gasteiger partial charge in [0, 0.05) is 6.54 Å². The van der Waals surface area contributed by atoms with Crippen molar-refractivity contribution in [3.63, 3.8) is 0 Å². The van der Waals surface area contributed by atoms with Gasteiger partial charge in [-0.3, -0.25) is 0 Å². The fourth-order valence-electron chi connectivity index (χ4n) is 1.31. The maximum atomic E-state index is 6.06. The van der Waals surface area contributed by atoms with E-state index >= 15 is 0 Å². The molecule has 0 bridgehead atoms. The summed E-state index contributed by atoms with van der Waals surface area (Å²) in [5.74, 6) is 0.757. The molecule has 0 spiro atoms. The molecule has 0 amide bonds. The van der Waals surface area contributed by atoms with Gasteiger partial charge in [-0.15, -0.1) is 0 Å². The highest BCUT2D eigenvalue weighted by molar-refractivity contribution is 6.32. The third-order valence-corrected chi connectivity index (χ3v) is 2.39. The van der Waals surface area contributed by atoms with Crippen LogP contribution < -0.4 is 10.1 Å². The van der Waals surface area contributed by atoms with Crippen LogP contribution in [0.15, 0.2) is 18.2 Å². The van der Waals surface area contributed by atoms with Crippen LogP contribution in [0.25, 0.3) is 0 Å². The van der Waals surface area contributed by atoms with Crippen LogP contribution >= 0.6 is 11.6 Å². The number of ether oxygens (including phenoxy) is 1. The average Bonchev–Trinajstić information content (AvgIpc) is 2.19. The third-order valence-electron chi connectivity index (χ3n) is 2.10. The van der Waals surface area contributed by atoms with Crippen LogP contribution in [0.2, 0.25) is 5.02 Å². The van der Waals surface area contributed by atoms with Crippen LogP contribution in [-0.4, -0.2) is 19.2 Å². The molecule has 1 aromatic rings. The molecular formula is C12H18ClNO. The van der Waals surface area contributed by atoms with Crippen LogP contribution in [0.4, 0.5) is 0 Å². The second kappa shape index (κ2) is 5.99. The zero-order chi connectivity index (χ0) is 11.3. The minimum absolute atomic E-state index is 0.130. The van der Waals surface area contributed by atoms with E-state index in [1.54, 1.807) is 0 Å². The first-order chi connectivity index (χ1) is 7.13. The quantitative estimate of drug-likeness (QED) is 0.835. The molecule has 1 unspecified atom stereocenters. The van der Waals surface area contributed by atoms with Crippen molar-refractivity contribution >= 4 is 11.6 Å². The summed E-state index contributed by atoms with van der Waals surface area (Å²) in [6.07, 6.45) is 0.130. The fraction of sp³-hybridized carbons (Fsp3) is 0.500. The van der Waals surface area contributed by atoms with Crippen molar-refractivity contribution in [2.45, 2.75) is 26.9 Å². The van der Waals surface area contributed by atoms with Gasteiger partial charge in [0.2, 0.25) is 0 Å². The summed E-state index contributed by atoms with van der Waals surface area (Å²) in [7, 11) is 0. The molecule has 0 aromatic heterocycles. The monoisotopic (exact) mass is 227 g/mol. The molecule has 0 aliphatic heterocycles. The normalized spacial score (nSPS) is 12.5. The van der Waals surface area contributed by atoms with Crippen molar-refractivity contribution in [3.05, 3.63) is 28.8 Å². The molecule has 0 radical (unpaired) electrons. The Morgan fingerprint density at radius 2 is 2.20 bits per heavy atom. The zero-order valence-corrected chi connectivity index (χ0v) is 10.3. The Hall–Kier alpha value is -0.730. The Balaban J connectivity index is 2.56. The number of benzene rings is 1. The van der Waals surface area contributed by atoms with Gasteiger partial charge in [0.25, 0.3) is 0 Å². The molecule has 15 heavy (non-hydrogen) atoms. The fourth-order valence-corrected chi connectivity index (χ4v) is 1.59. The number of rotatable bonds is 5. The minimum Gasteiger partial charge on any atom is -0.488 e. The smallest absolute Gasteiger partial charge is 0.138 e. The van der Waals surface area contributed by atoms with E-state index in [2.05, 4.69) is 12.2 Å². The molecule has 1 atom stereocenters. The lowest BCUT2D eigenvalue weighted by atomic mass is 10.2. The van der Waals surface area contributed by atoms with E-state index in [4.69, 9.17) is 16.3 Å². The second-order valence-corrected chi connectivity index (χ2v) is 4.08. The van der Waals surface area contributed by atoms with E-state index in [1.807, 2.05) is 32.0 Å². The average molecular weight is 228 g/mol. The van der Waals surface area contributed by atoms with Crippen LogP contribution in [0.1, 0.15) is 19.4 Å². The highest BCUT2D eigenvalue weighted by atomic mass is 35.5. The summed E-state index contributed by atoms with van der Waals surface area (Å²) in [6, 6.07) is 5.83. The topological polar surface area (TPSA) is 21.3 Å². The SMILES string of the molecule is CCNCC(C)Oc1ccc(C)cc1Cl. The van der Waals surface area contributed by atoms with Crippen molar-refractivity contribution in [2.75, 3.05) is 13.1 Å². The molecule has 0 heterocycles. The Labute approximate surface area is 96.6 Å². The predicted molar refractivity (Wildman–Crippen MR) is 64.8 cm³/mol. The Morgan fingerprint density at radius 3 is 2.80 bits per heavy atom. The minimum atomic E-state index is 0.130. The first-order valence-corrected chi connectivity index (χ1v) is 5.64. The zero-order valence-electron chi connectivity index (χ0n) is 9.51. The van der Waals surface area contributed by atoms with Crippen molar-refractivity contribution < 1.29 is 4.74 Å². The molecule has 3 heteroatoms. The standard InChI is InChI=1S/C12H18ClNO/c1-4-14-8-10(3)15-12-6-5-9(2)7-11(12)13/h5-7,10,14H,4,8H2,1-3H3. The summed E-state index contributed by atoms with van der Waals surface area (Å²) in [6.45, 7) is 7.90. The van der Waals surface area contributed by atoms with Gasteiger partial charge in [0.15, 0.2) is 0 Å². The third kappa shape index (κ3) is 4.10. The highest BCUT2D eigenvalue weighted by Gasteiger charge is 2.06. The van der Waals surface area contributed by atoms with Crippen molar-refractivity contribution in [2.24, 2.45) is 0 Å². The number of halogens is 1. The molecule has 0 aliphatic carbocycles. The summed E-state index contributed by atoms with van der Waals surface area (Å²) in [5, 5.41) is 3.91. The summed E-state index contributed by atoms with van der Waals surface area (Å²) in [5.41, 5.74) is 1.15. The van der Waals surface area contributed by atoms with Crippen LogP contribution in [0.5, 0.6) is 5.75 Å². The van der Waals surface area contributed by atoms with Crippen LogP contribution in [-0.2, 0) is 0 Å². The first kappa shape index (κ1) is 12.3. The molecular weight excluding hydrogens is 210 g/mol. The van der Waals surface area contributed by atoms with E-state index in [9.17, 15) is 0 Å². The van der Waals surface area contributed by atoms with Gasteiger partial charge in [-0.05, 0) is 38.1 Å². The van der Waals surface area contributed by atoms with E-state index in [0.29, 0.717) is 5.02 Å². The maximum Gasteiger partial charge on any atom is 0.138 e. The number of nitrogens with one attached hydrogen (secondary N) is 1. The molecule has 0 saturated carbocycles. The molecule has 0 fully saturated rings. The van der Waals surface area contributed by atoms with Gasteiger partial charge in [-0.25, -0.2) is 0 Å². The largest absolute Gasteiger partial charge is 0.488 e. The first-order valence-electron chi connectivity index (χ1n) is 5.27. The van der Waals surface area contributed by atoms with Gasteiger partial charge < -0.3 is 10.1 Å². The second-order valence-electron chi connectivity index (χ2n) is 3.67. The van der Waals surface area contributed by atoms with Crippen molar-refractivity contribution in [3.8, 4) is 5.75 Å². The maximum absolute atomic E-state index is 6.06. The molecule has 1 N–H and O–H groups in total. The van der Waals surface area contributed by atoms with Gasteiger partial charge in [-0.2, -0.15) is 0 Å². The van der Waals surface area contributed by atoms with Gasteiger partial charge >= 0.3 is 0 Å². The van der Waals surface area contributed by atoms with Crippen molar-refractivity contribution in [1.82, 2.24) is 5.32 Å². The highest BCUT2D eigenvalue weighted by Crippen LogP contribution is 2.25. The molecule has 84 valence electrons. The number of hydrogen-bond acceptors (Lipinski definition) is 2. The van der Waals surface area contributed by atoms with Gasteiger partial charge in [0.05, 0.1) is 5.02 Å². The summed E-state index contributed by atoms with van der Waals surface area (Å²) >= 11 is 6.06. The Kier molecular flexibility index (Phi) is 4.92. The number of aryl methyl sites for hydroxylation is 1. The predicted octanol–water partition coefficient (Wildman–Crippen LogP) is 3.03. The van der Waals surface area contributed by atoms with Crippen molar-refractivity contribution in [1.29, 1.82) is 0 Å². The summed E-state index contributed by atoms with van der Waals surface area (Å²) in [4.78, 5) is 0. The van der Waals surface area contributed by atoms with E-state index in [1.165, 1.54) is 0 Å². The van der Waals surface area contributed by atoms with Gasteiger partial charge in [0.1, 0.15) is 11.9 Å². The Bertz CT molecular complexity index is 314. The van der Waals surface area contributed by atoms with Crippen LogP contribution in [0, 0.1) is 6.92 Å². The lowest BCUT2D eigenvalue weighted by Gasteiger charge is -2.16. The Morgan fingerprint density at radius 1 is 1.47 bits per heavy atom. The van der Waals surface area contributed by atoms with Crippen LogP contribution in [0.3, 0.4) is 0 Å². The molecule has 0 aliphatic rings. The van der Waals surface area contributed by atoms with E-state index < -0.39 is 0 Å². The molecule has 1 aromatic carbocycles.